The number of aromatic carboxylic acids is 1. The molecule has 30 heavy (non-hydrogen) atoms. The molecule has 160 valence electrons. The summed E-state index contributed by atoms with van der Waals surface area (Å²) in [6.45, 7) is 2.03. The third kappa shape index (κ3) is 4.75. The molecule has 1 amide bonds. The molecular formula is C22H23F3N2O3. The number of likely N-dealkylation sites (tertiary alicyclic amines) is 1. The number of halogens is 3. The minimum absolute atomic E-state index is 0.0364. The molecule has 5 nitrogen and oxygen atoms in total. The fourth-order valence-electron chi connectivity index (χ4n) is 3.97. The van der Waals surface area contributed by atoms with Gasteiger partial charge in [-0.3, -0.25) is 4.79 Å². The molecule has 0 aromatic heterocycles. The summed E-state index contributed by atoms with van der Waals surface area (Å²) in [7, 11) is 0. The van der Waals surface area contributed by atoms with Gasteiger partial charge >= 0.3 is 12.1 Å². The standard InChI is InChI=1S/C22H23F3N2O3/c1-13-8-9-16(21(29)30)18(10-13)26-19-11-17(15-6-4-3-5-7-15)14(2)27(20(19)28)12-22(23,24)25/h3-10,14,17,19,26H,11-12H2,1-2H3,(H,29,30)/t14-,17-,19+/m1/s1. The average Bonchev–Trinajstić information content (AvgIpc) is 2.67. The number of carbonyl (C=O) groups is 2. The molecule has 0 aliphatic carbocycles. The highest BCUT2D eigenvalue weighted by molar-refractivity contribution is 5.96. The molecule has 0 bridgehead atoms. The predicted molar refractivity (Wildman–Crippen MR) is 107 cm³/mol. The number of amides is 1. The van der Waals surface area contributed by atoms with Crippen LogP contribution in [0.15, 0.2) is 48.5 Å². The molecule has 0 radical (unpaired) electrons. The van der Waals surface area contributed by atoms with E-state index in [9.17, 15) is 27.9 Å². The molecule has 2 aromatic rings. The van der Waals surface area contributed by atoms with Gasteiger partial charge in [-0.2, -0.15) is 13.2 Å². The van der Waals surface area contributed by atoms with Gasteiger partial charge < -0.3 is 15.3 Å². The molecule has 0 unspecified atom stereocenters. The number of benzene rings is 2. The highest BCUT2D eigenvalue weighted by Crippen LogP contribution is 2.36. The van der Waals surface area contributed by atoms with Gasteiger partial charge in [0, 0.05) is 17.6 Å². The Morgan fingerprint density at radius 2 is 1.87 bits per heavy atom. The molecule has 1 aliphatic rings. The Labute approximate surface area is 172 Å². The van der Waals surface area contributed by atoms with Gasteiger partial charge in [0.1, 0.15) is 12.6 Å². The molecule has 1 fully saturated rings. The van der Waals surface area contributed by atoms with Crippen LogP contribution in [0.2, 0.25) is 0 Å². The van der Waals surface area contributed by atoms with Crippen molar-refractivity contribution in [3.63, 3.8) is 0 Å². The molecule has 1 heterocycles. The lowest BCUT2D eigenvalue weighted by Crippen LogP contribution is -2.57. The predicted octanol–water partition coefficient (Wildman–Crippen LogP) is 4.44. The van der Waals surface area contributed by atoms with Crippen LogP contribution >= 0.6 is 0 Å². The smallest absolute Gasteiger partial charge is 0.406 e. The summed E-state index contributed by atoms with van der Waals surface area (Å²) >= 11 is 0. The van der Waals surface area contributed by atoms with Crippen LogP contribution in [-0.4, -0.2) is 46.7 Å². The number of hydrogen-bond donors (Lipinski definition) is 2. The summed E-state index contributed by atoms with van der Waals surface area (Å²) in [6.07, 6.45) is -4.28. The van der Waals surface area contributed by atoms with Crippen molar-refractivity contribution in [3.05, 3.63) is 65.2 Å². The summed E-state index contributed by atoms with van der Waals surface area (Å²) in [4.78, 5) is 25.4. The summed E-state index contributed by atoms with van der Waals surface area (Å²) in [5, 5.41) is 12.4. The SMILES string of the molecule is Cc1ccc(C(=O)O)c(N[C@H]2C[C@@H](c3ccccc3)[C@@H](C)N(CC(F)(F)F)C2=O)c1. The third-order valence-corrected chi connectivity index (χ3v) is 5.46. The monoisotopic (exact) mass is 420 g/mol. The second-order valence-electron chi connectivity index (χ2n) is 7.63. The molecule has 3 rings (SSSR count). The van der Waals surface area contributed by atoms with E-state index >= 15 is 0 Å². The van der Waals surface area contributed by atoms with Crippen LogP contribution in [0.1, 0.15) is 40.7 Å². The number of nitrogens with one attached hydrogen (secondary N) is 1. The lowest BCUT2D eigenvalue weighted by molar-refractivity contribution is -0.169. The zero-order valence-electron chi connectivity index (χ0n) is 16.6. The van der Waals surface area contributed by atoms with E-state index in [2.05, 4.69) is 5.32 Å². The molecule has 1 aliphatic heterocycles. The molecule has 3 atom stereocenters. The number of piperidine rings is 1. The van der Waals surface area contributed by atoms with Crippen LogP contribution in [0.4, 0.5) is 18.9 Å². The van der Waals surface area contributed by atoms with E-state index in [1.54, 1.807) is 38.1 Å². The lowest BCUT2D eigenvalue weighted by atomic mass is 9.81. The fourth-order valence-corrected chi connectivity index (χ4v) is 3.97. The highest BCUT2D eigenvalue weighted by atomic mass is 19.4. The first-order chi connectivity index (χ1) is 14.1. The van der Waals surface area contributed by atoms with Gasteiger partial charge in [-0.15, -0.1) is 0 Å². The van der Waals surface area contributed by atoms with Crippen molar-refractivity contribution in [2.75, 3.05) is 11.9 Å². The van der Waals surface area contributed by atoms with Crippen LogP contribution in [0.5, 0.6) is 0 Å². The zero-order valence-corrected chi connectivity index (χ0v) is 16.6. The molecule has 0 saturated carbocycles. The number of rotatable bonds is 5. The Bertz CT molecular complexity index is 931. The van der Waals surface area contributed by atoms with E-state index in [4.69, 9.17) is 0 Å². The molecule has 1 saturated heterocycles. The van der Waals surface area contributed by atoms with Crippen molar-refractivity contribution in [1.82, 2.24) is 4.90 Å². The van der Waals surface area contributed by atoms with Crippen LogP contribution in [0.25, 0.3) is 0 Å². The van der Waals surface area contributed by atoms with E-state index in [-0.39, 0.29) is 23.6 Å². The summed E-state index contributed by atoms with van der Waals surface area (Å²) in [6, 6.07) is 12.1. The van der Waals surface area contributed by atoms with Gasteiger partial charge in [0.05, 0.1) is 5.56 Å². The zero-order chi connectivity index (χ0) is 22.1. The minimum atomic E-state index is -4.54. The molecule has 2 N–H and O–H groups in total. The number of aryl methyl sites for hydroxylation is 1. The summed E-state index contributed by atoms with van der Waals surface area (Å²) in [5.41, 5.74) is 1.78. The maximum atomic E-state index is 13.2. The van der Waals surface area contributed by atoms with Crippen LogP contribution < -0.4 is 5.32 Å². The van der Waals surface area contributed by atoms with E-state index in [1.807, 2.05) is 18.2 Å². The van der Waals surface area contributed by atoms with Gasteiger partial charge in [0.15, 0.2) is 0 Å². The van der Waals surface area contributed by atoms with Crippen LogP contribution in [0.3, 0.4) is 0 Å². The van der Waals surface area contributed by atoms with Crippen molar-refractivity contribution >= 4 is 17.6 Å². The first kappa shape index (κ1) is 21.7. The number of carboxylic acid groups (broad SMARTS) is 1. The summed E-state index contributed by atoms with van der Waals surface area (Å²) < 4.78 is 39.6. The number of nitrogens with zero attached hydrogens (tertiary/aromatic N) is 1. The van der Waals surface area contributed by atoms with Gasteiger partial charge in [-0.1, -0.05) is 36.4 Å². The lowest BCUT2D eigenvalue weighted by Gasteiger charge is -2.43. The second-order valence-corrected chi connectivity index (χ2v) is 7.63. The van der Waals surface area contributed by atoms with Crippen molar-refractivity contribution < 1.29 is 27.9 Å². The molecule has 0 spiro atoms. The summed E-state index contributed by atoms with van der Waals surface area (Å²) in [5.74, 6) is -2.20. The maximum absolute atomic E-state index is 13.2. The van der Waals surface area contributed by atoms with Crippen molar-refractivity contribution in [2.45, 2.75) is 44.4 Å². The van der Waals surface area contributed by atoms with Crippen LogP contribution in [0, 0.1) is 6.92 Å². The van der Waals surface area contributed by atoms with Gasteiger partial charge in [0.25, 0.3) is 0 Å². The topological polar surface area (TPSA) is 69.6 Å². The first-order valence-electron chi connectivity index (χ1n) is 9.59. The Kier molecular flexibility index (Phi) is 6.05. The van der Waals surface area contributed by atoms with Gasteiger partial charge in [-0.25, -0.2) is 4.79 Å². The highest BCUT2D eigenvalue weighted by Gasteiger charge is 2.44. The molecule has 8 heteroatoms. The van der Waals surface area contributed by atoms with Gasteiger partial charge in [0.2, 0.25) is 5.91 Å². The molecule has 2 aromatic carbocycles. The normalized spacial score (nSPS) is 22.1. The number of anilines is 1. The number of carboxylic acids is 1. The van der Waals surface area contributed by atoms with Crippen molar-refractivity contribution in [2.24, 2.45) is 0 Å². The van der Waals surface area contributed by atoms with E-state index < -0.39 is 36.7 Å². The fraction of sp³-hybridized carbons (Fsp3) is 0.364. The van der Waals surface area contributed by atoms with E-state index in [0.29, 0.717) is 0 Å². The number of alkyl halides is 3. The maximum Gasteiger partial charge on any atom is 0.406 e. The van der Waals surface area contributed by atoms with Crippen molar-refractivity contribution in [1.29, 1.82) is 0 Å². The first-order valence-corrected chi connectivity index (χ1v) is 9.59. The van der Waals surface area contributed by atoms with Gasteiger partial charge in [-0.05, 0) is 43.5 Å². The number of hydrogen-bond acceptors (Lipinski definition) is 3. The Hall–Kier alpha value is -3.03. The Morgan fingerprint density at radius 1 is 1.20 bits per heavy atom. The average molecular weight is 420 g/mol. The van der Waals surface area contributed by atoms with Crippen LogP contribution in [-0.2, 0) is 4.79 Å². The quantitative estimate of drug-likeness (QED) is 0.750. The molecular weight excluding hydrogens is 397 g/mol. The minimum Gasteiger partial charge on any atom is -0.478 e. The van der Waals surface area contributed by atoms with E-state index in [0.717, 1.165) is 16.0 Å². The number of carbonyl (C=O) groups excluding carboxylic acids is 1. The Morgan fingerprint density at radius 3 is 2.47 bits per heavy atom. The second kappa shape index (κ2) is 8.38. The van der Waals surface area contributed by atoms with E-state index in [1.165, 1.54) is 6.07 Å². The largest absolute Gasteiger partial charge is 0.478 e. The van der Waals surface area contributed by atoms with Crippen molar-refractivity contribution in [3.8, 4) is 0 Å². The Balaban J connectivity index is 1.98. The third-order valence-electron chi connectivity index (χ3n) is 5.46.